The molecule has 1 amide bonds. The zero-order valence-corrected chi connectivity index (χ0v) is 14.0. The standard InChI is InChI=1S/C18H16ClFN2O2/c1-11(14-4-6-15(20)7-5-14)22-18(23)12(2)24-17-8-3-13(10-21)9-16(17)19/h3-9,11-12H,1-2H3,(H,22,23)/t11-,12-/m1/s1. The van der Waals surface area contributed by atoms with Crippen molar-refractivity contribution in [2.45, 2.75) is 26.0 Å². The van der Waals surface area contributed by atoms with Gasteiger partial charge in [-0.2, -0.15) is 5.26 Å². The van der Waals surface area contributed by atoms with Crippen LogP contribution in [0.5, 0.6) is 5.75 Å². The van der Waals surface area contributed by atoms with Crippen molar-refractivity contribution in [2.24, 2.45) is 0 Å². The van der Waals surface area contributed by atoms with Crippen LogP contribution in [0.15, 0.2) is 42.5 Å². The van der Waals surface area contributed by atoms with Crippen LogP contribution in [0, 0.1) is 17.1 Å². The van der Waals surface area contributed by atoms with Crippen LogP contribution in [-0.4, -0.2) is 12.0 Å². The number of ether oxygens (including phenoxy) is 1. The van der Waals surface area contributed by atoms with E-state index in [1.54, 1.807) is 38.1 Å². The fourth-order valence-corrected chi connectivity index (χ4v) is 2.30. The van der Waals surface area contributed by atoms with Crippen LogP contribution in [-0.2, 0) is 4.79 Å². The molecule has 0 aliphatic carbocycles. The van der Waals surface area contributed by atoms with Gasteiger partial charge in [0.25, 0.3) is 5.91 Å². The molecule has 0 heterocycles. The first kappa shape index (κ1) is 17.8. The van der Waals surface area contributed by atoms with Crippen molar-refractivity contribution in [3.63, 3.8) is 0 Å². The van der Waals surface area contributed by atoms with Gasteiger partial charge < -0.3 is 10.1 Å². The largest absolute Gasteiger partial charge is 0.479 e. The smallest absolute Gasteiger partial charge is 0.261 e. The van der Waals surface area contributed by atoms with E-state index in [2.05, 4.69) is 5.32 Å². The molecule has 0 saturated heterocycles. The monoisotopic (exact) mass is 346 g/mol. The summed E-state index contributed by atoms with van der Waals surface area (Å²) in [5.74, 6) is -0.329. The molecule has 0 aromatic heterocycles. The number of benzene rings is 2. The second-order valence-corrected chi connectivity index (χ2v) is 5.71. The summed E-state index contributed by atoms with van der Waals surface area (Å²) in [6.45, 7) is 3.40. The van der Waals surface area contributed by atoms with Crippen LogP contribution in [0.3, 0.4) is 0 Å². The molecule has 0 aliphatic rings. The third-order valence-electron chi connectivity index (χ3n) is 3.46. The number of nitrogens with zero attached hydrogens (tertiary/aromatic N) is 1. The van der Waals surface area contributed by atoms with Crippen molar-refractivity contribution in [1.82, 2.24) is 5.32 Å². The minimum atomic E-state index is -0.779. The lowest BCUT2D eigenvalue weighted by atomic mass is 10.1. The van der Waals surface area contributed by atoms with Gasteiger partial charge in [-0.25, -0.2) is 4.39 Å². The van der Waals surface area contributed by atoms with Gasteiger partial charge in [0.2, 0.25) is 0 Å². The van der Waals surface area contributed by atoms with E-state index < -0.39 is 6.10 Å². The van der Waals surface area contributed by atoms with Crippen molar-refractivity contribution in [3.05, 3.63) is 64.4 Å². The summed E-state index contributed by atoms with van der Waals surface area (Å²) >= 11 is 6.03. The Morgan fingerprint density at radius 3 is 2.50 bits per heavy atom. The van der Waals surface area contributed by atoms with Crippen LogP contribution in [0.4, 0.5) is 4.39 Å². The van der Waals surface area contributed by atoms with Crippen molar-refractivity contribution < 1.29 is 13.9 Å². The van der Waals surface area contributed by atoms with Crippen LogP contribution in [0.25, 0.3) is 0 Å². The topological polar surface area (TPSA) is 62.1 Å². The Hall–Kier alpha value is -2.58. The number of carbonyl (C=O) groups is 1. The van der Waals surface area contributed by atoms with Crippen molar-refractivity contribution >= 4 is 17.5 Å². The molecule has 0 bridgehead atoms. The maximum atomic E-state index is 12.9. The first-order valence-electron chi connectivity index (χ1n) is 7.33. The summed E-state index contributed by atoms with van der Waals surface area (Å²) in [5.41, 5.74) is 1.20. The SMILES string of the molecule is C[C@@H](Oc1ccc(C#N)cc1Cl)C(=O)N[C@H](C)c1ccc(F)cc1. The normalized spacial score (nSPS) is 12.8. The first-order valence-corrected chi connectivity index (χ1v) is 7.70. The molecule has 4 nitrogen and oxygen atoms in total. The van der Waals surface area contributed by atoms with Gasteiger partial charge in [0.05, 0.1) is 22.7 Å². The number of nitrogens with one attached hydrogen (secondary N) is 1. The molecule has 2 atom stereocenters. The second kappa shape index (κ2) is 7.80. The number of hydrogen-bond donors (Lipinski definition) is 1. The zero-order chi connectivity index (χ0) is 17.7. The van der Waals surface area contributed by atoms with Crippen LogP contribution >= 0.6 is 11.6 Å². The highest BCUT2D eigenvalue weighted by Gasteiger charge is 2.19. The number of amides is 1. The fraction of sp³-hybridized carbons (Fsp3) is 0.222. The molecule has 2 aromatic carbocycles. The minimum absolute atomic E-state index is 0.264. The van der Waals surface area contributed by atoms with Gasteiger partial charge in [-0.3, -0.25) is 4.79 Å². The molecule has 2 aromatic rings. The lowest BCUT2D eigenvalue weighted by Crippen LogP contribution is -2.37. The highest BCUT2D eigenvalue weighted by atomic mass is 35.5. The summed E-state index contributed by atoms with van der Waals surface area (Å²) in [7, 11) is 0. The number of hydrogen-bond acceptors (Lipinski definition) is 3. The van der Waals surface area contributed by atoms with Crippen LogP contribution in [0.1, 0.15) is 31.0 Å². The number of nitriles is 1. The molecule has 24 heavy (non-hydrogen) atoms. The van der Waals surface area contributed by atoms with Crippen molar-refractivity contribution in [1.29, 1.82) is 5.26 Å². The zero-order valence-electron chi connectivity index (χ0n) is 13.2. The Labute approximate surface area is 144 Å². The first-order chi connectivity index (χ1) is 11.4. The summed E-state index contributed by atoms with van der Waals surface area (Å²) < 4.78 is 18.5. The van der Waals surface area contributed by atoms with Gasteiger partial charge in [0.15, 0.2) is 6.10 Å². The molecule has 6 heteroatoms. The fourth-order valence-electron chi connectivity index (χ4n) is 2.08. The Morgan fingerprint density at radius 1 is 1.25 bits per heavy atom. The van der Waals surface area contributed by atoms with Crippen molar-refractivity contribution in [2.75, 3.05) is 0 Å². The summed E-state index contributed by atoms with van der Waals surface area (Å²) in [5, 5.41) is 11.9. The number of rotatable bonds is 5. The Kier molecular flexibility index (Phi) is 5.78. The van der Waals surface area contributed by atoms with Crippen molar-refractivity contribution in [3.8, 4) is 11.8 Å². The van der Waals surface area contributed by atoms with Gasteiger partial charge in [-0.15, -0.1) is 0 Å². The summed E-state index contributed by atoms with van der Waals surface area (Å²) in [4.78, 5) is 12.2. The third-order valence-corrected chi connectivity index (χ3v) is 3.76. The molecular weight excluding hydrogens is 331 g/mol. The molecule has 0 radical (unpaired) electrons. The average Bonchev–Trinajstić information content (AvgIpc) is 2.57. The molecule has 1 N–H and O–H groups in total. The minimum Gasteiger partial charge on any atom is -0.479 e. The van der Waals surface area contributed by atoms with Crippen LogP contribution < -0.4 is 10.1 Å². The molecule has 124 valence electrons. The average molecular weight is 347 g/mol. The Bertz CT molecular complexity index is 772. The predicted octanol–water partition coefficient (Wildman–Crippen LogP) is 4.00. The Morgan fingerprint density at radius 2 is 1.92 bits per heavy atom. The van der Waals surface area contributed by atoms with Crippen LogP contribution in [0.2, 0.25) is 5.02 Å². The molecule has 0 unspecified atom stereocenters. The van der Waals surface area contributed by atoms with E-state index in [0.29, 0.717) is 11.3 Å². The second-order valence-electron chi connectivity index (χ2n) is 5.30. The quantitative estimate of drug-likeness (QED) is 0.890. The highest BCUT2D eigenvalue weighted by Crippen LogP contribution is 2.26. The van der Waals surface area contributed by atoms with E-state index in [4.69, 9.17) is 21.6 Å². The van der Waals surface area contributed by atoms with E-state index in [0.717, 1.165) is 5.56 Å². The number of carbonyl (C=O) groups excluding carboxylic acids is 1. The van der Waals surface area contributed by atoms with E-state index in [1.165, 1.54) is 18.2 Å². The molecule has 2 rings (SSSR count). The maximum absolute atomic E-state index is 12.9. The van der Waals surface area contributed by atoms with E-state index in [9.17, 15) is 9.18 Å². The van der Waals surface area contributed by atoms with E-state index in [-0.39, 0.29) is 22.8 Å². The van der Waals surface area contributed by atoms with E-state index >= 15 is 0 Å². The Balaban J connectivity index is 1.99. The number of halogens is 2. The lowest BCUT2D eigenvalue weighted by Gasteiger charge is -2.19. The molecule has 0 saturated carbocycles. The summed E-state index contributed by atoms with van der Waals surface area (Å²) in [6.07, 6.45) is -0.779. The van der Waals surface area contributed by atoms with Gasteiger partial charge in [0.1, 0.15) is 11.6 Å². The molecular formula is C18H16ClFN2O2. The van der Waals surface area contributed by atoms with Gasteiger partial charge in [-0.1, -0.05) is 23.7 Å². The highest BCUT2D eigenvalue weighted by molar-refractivity contribution is 6.32. The maximum Gasteiger partial charge on any atom is 0.261 e. The molecule has 0 fully saturated rings. The van der Waals surface area contributed by atoms with Gasteiger partial charge >= 0.3 is 0 Å². The molecule has 0 spiro atoms. The van der Waals surface area contributed by atoms with Gasteiger partial charge in [-0.05, 0) is 49.7 Å². The predicted molar refractivity (Wildman–Crippen MR) is 89.2 cm³/mol. The third kappa shape index (κ3) is 4.46. The lowest BCUT2D eigenvalue weighted by molar-refractivity contribution is -0.127. The van der Waals surface area contributed by atoms with Gasteiger partial charge in [0, 0.05) is 0 Å². The van der Waals surface area contributed by atoms with E-state index in [1.807, 2.05) is 6.07 Å². The molecule has 0 aliphatic heterocycles. The summed E-state index contributed by atoms with van der Waals surface area (Å²) in [6, 6.07) is 12.2.